The quantitative estimate of drug-likeness (QED) is 0.837. The summed E-state index contributed by atoms with van der Waals surface area (Å²) in [5, 5.41) is 1.52. The third-order valence-electron chi connectivity index (χ3n) is 3.59. The Labute approximate surface area is 127 Å². The van der Waals surface area contributed by atoms with Gasteiger partial charge in [-0.15, -0.1) is 0 Å². The second-order valence-electron chi connectivity index (χ2n) is 5.56. The number of benzene rings is 1. The number of nitrogens with zero attached hydrogens (tertiary/aromatic N) is 2. The first-order chi connectivity index (χ1) is 10.4. The summed E-state index contributed by atoms with van der Waals surface area (Å²) >= 11 is 0. The zero-order valence-corrected chi connectivity index (χ0v) is 12.6. The number of carbonyl (C=O) groups is 2. The van der Waals surface area contributed by atoms with Gasteiger partial charge < -0.3 is 4.90 Å². The summed E-state index contributed by atoms with van der Waals surface area (Å²) in [6.45, 7) is -0.0255. The number of carbonyl (C=O) groups excluding carboxylic acids is 2. The Morgan fingerprint density at radius 1 is 1.41 bits per heavy atom. The highest BCUT2D eigenvalue weighted by atomic mass is 19.2. The lowest BCUT2D eigenvalue weighted by Crippen LogP contribution is -2.41. The minimum Gasteiger partial charge on any atom is -0.335 e. The summed E-state index contributed by atoms with van der Waals surface area (Å²) in [4.78, 5) is 25.2. The molecule has 120 valence electrons. The van der Waals surface area contributed by atoms with Crippen LogP contribution in [0, 0.1) is 11.6 Å². The second kappa shape index (κ2) is 6.83. The van der Waals surface area contributed by atoms with E-state index in [0.717, 1.165) is 6.07 Å². The number of hydrazine groups is 1. The maximum absolute atomic E-state index is 13.7. The van der Waals surface area contributed by atoms with E-state index in [-0.39, 0.29) is 36.4 Å². The summed E-state index contributed by atoms with van der Waals surface area (Å²) in [5.74, 6) is -2.24. The molecule has 2 amide bonds. The molecule has 0 radical (unpaired) electrons. The van der Waals surface area contributed by atoms with Crippen LogP contribution in [0.2, 0.25) is 0 Å². The average Bonchev–Trinajstić information content (AvgIpc) is 2.75. The zero-order valence-electron chi connectivity index (χ0n) is 12.6. The molecule has 1 aliphatic rings. The number of likely N-dealkylation sites (tertiary alicyclic amines) is 1. The van der Waals surface area contributed by atoms with Crippen molar-refractivity contribution in [3.63, 3.8) is 0 Å². The highest BCUT2D eigenvalue weighted by molar-refractivity contribution is 5.81. The van der Waals surface area contributed by atoms with Crippen LogP contribution < -0.4 is 5.43 Å². The summed E-state index contributed by atoms with van der Waals surface area (Å²) in [7, 11) is 3.38. The largest absolute Gasteiger partial charge is 0.335 e. The van der Waals surface area contributed by atoms with Gasteiger partial charge in [0, 0.05) is 45.1 Å². The van der Waals surface area contributed by atoms with Crippen molar-refractivity contribution < 1.29 is 18.4 Å². The van der Waals surface area contributed by atoms with Gasteiger partial charge in [0.2, 0.25) is 11.8 Å². The lowest BCUT2D eigenvalue weighted by atomic mass is 10.1. The first-order valence-corrected chi connectivity index (χ1v) is 7.07. The standard InChI is InChI=1S/C15H19F2N3O2/c1-19(2)18-13(21)8-11-6-7-14(22)20(11)9-10-4-3-5-12(16)15(10)17/h3-5,11H,6-9H2,1-2H3,(H,18,21). The summed E-state index contributed by atoms with van der Waals surface area (Å²) in [5.41, 5.74) is 2.73. The van der Waals surface area contributed by atoms with Crippen molar-refractivity contribution in [3.05, 3.63) is 35.4 Å². The van der Waals surface area contributed by atoms with E-state index in [1.807, 2.05) is 0 Å². The molecule has 1 saturated heterocycles. The van der Waals surface area contributed by atoms with Crippen LogP contribution in [0.15, 0.2) is 18.2 Å². The molecule has 22 heavy (non-hydrogen) atoms. The van der Waals surface area contributed by atoms with Crippen molar-refractivity contribution in [1.29, 1.82) is 0 Å². The fourth-order valence-electron chi connectivity index (χ4n) is 2.59. The number of halogens is 2. The molecule has 1 aliphatic heterocycles. The van der Waals surface area contributed by atoms with Crippen LogP contribution in [0.25, 0.3) is 0 Å². The normalized spacial score (nSPS) is 18.1. The summed E-state index contributed by atoms with van der Waals surface area (Å²) in [6, 6.07) is 3.59. The highest BCUT2D eigenvalue weighted by Gasteiger charge is 2.33. The molecular weight excluding hydrogens is 292 g/mol. The maximum Gasteiger partial charge on any atom is 0.236 e. The zero-order chi connectivity index (χ0) is 16.3. The molecular formula is C15H19F2N3O2. The van der Waals surface area contributed by atoms with Crippen LogP contribution in [0.4, 0.5) is 8.78 Å². The van der Waals surface area contributed by atoms with Gasteiger partial charge in [-0.1, -0.05) is 12.1 Å². The lowest BCUT2D eigenvalue weighted by molar-refractivity contribution is -0.131. The Balaban J connectivity index is 2.08. The summed E-state index contributed by atoms with van der Waals surface area (Å²) < 4.78 is 27.0. The van der Waals surface area contributed by atoms with E-state index in [1.165, 1.54) is 22.0 Å². The minimum atomic E-state index is -0.946. The van der Waals surface area contributed by atoms with Crippen molar-refractivity contribution >= 4 is 11.8 Å². The van der Waals surface area contributed by atoms with Crippen LogP contribution >= 0.6 is 0 Å². The van der Waals surface area contributed by atoms with E-state index in [4.69, 9.17) is 0 Å². The Hall–Kier alpha value is -2.02. The van der Waals surface area contributed by atoms with Crippen molar-refractivity contribution in [3.8, 4) is 0 Å². The fraction of sp³-hybridized carbons (Fsp3) is 0.467. The van der Waals surface area contributed by atoms with Crippen LogP contribution in [0.3, 0.4) is 0 Å². The average molecular weight is 311 g/mol. The van der Waals surface area contributed by atoms with E-state index < -0.39 is 11.6 Å². The molecule has 1 fully saturated rings. The van der Waals surface area contributed by atoms with Gasteiger partial charge in [-0.05, 0) is 12.5 Å². The molecule has 1 atom stereocenters. The molecule has 1 N–H and O–H groups in total. The number of hydrogen-bond acceptors (Lipinski definition) is 3. The fourth-order valence-corrected chi connectivity index (χ4v) is 2.59. The van der Waals surface area contributed by atoms with Gasteiger partial charge in [0.05, 0.1) is 0 Å². The van der Waals surface area contributed by atoms with Crippen molar-refractivity contribution in [1.82, 2.24) is 15.3 Å². The van der Waals surface area contributed by atoms with Gasteiger partial charge in [-0.25, -0.2) is 13.8 Å². The molecule has 0 bridgehead atoms. The smallest absolute Gasteiger partial charge is 0.236 e. The van der Waals surface area contributed by atoms with Crippen molar-refractivity contribution in [2.45, 2.75) is 31.8 Å². The van der Waals surface area contributed by atoms with Gasteiger partial charge in [0.1, 0.15) is 0 Å². The maximum atomic E-state index is 13.7. The van der Waals surface area contributed by atoms with Crippen LogP contribution in [0.1, 0.15) is 24.8 Å². The van der Waals surface area contributed by atoms with Crippen LogP contribution in [0.5, 0.6) is 0 Å². The molecule has 1 aromatic carbocycles. The Morgan fingerprint density at radius 3 is 2.82 bits per heavy atom. The lowest BCUT2D eigenvalue weighted by Gasteiger charge is -2.25. The molecule has 0 aliphatic carbocycles. The molecule has 5 nitrogen and oxygen atoms in total. The molecule has 0 aromatic heterocycles. The molecule has 1 unspecified atom stereocenters. The van der Waals surface area contributed by atoms with Crippen LogP contribution in [-0.2, 0) is 16.1 Å². The molecule has 1 aromatic rings. The van der Waals surface area contributed by atoms with Crippen LogP contribution in [-0.4, -0.2) is 41.9 Å². The highest BCUT2D eigenvalue weighted by Crippen LogP contribution is 2.25. The molecule has 0 spiro atoms. The first-order valence-electron chi connectivity index (χ1n) is 7.07. The minimum absolute atomic E-state index is 0.0255. The van der Waals surface area contributed by atoms with E-state index in [9.17, 15) is 18.4 Å². The van der Waals surface area contributed by atoms with E-state index in [0.29, 0.717) is 12.8 Å². The monoisotopic (exact) mass is 311 g/mol. The number of amides is 2. The van der Waals surface area contributed by atoms with Gasteiger partial charge in [0.25, 0.3) is 0 Å². The van der Waals surface area contributed by atoms with Crippen molar-refractivity contribution in [2.24, 2.45) is 0 Å². The number of nitrogens with one attached hydrogen (secondary N) is 1. The first kappa shape index (κ1) is 16.4. The van der Waals surface area contributed by atoms with E-state index in [1.54, 1.807) is 14.1 Å². The third kappa shape index (κ3) is 3.79. The Kier molecular flexibility index (Phi) is 5.07. The predicted octanol–water partition coefficient (Wildman–Crippen LogP) is 1.44. The number of rotatable bonds is 5. The summed E-state index contributed by atoms with van der Waals surface area (Å²) in [6.07, 6.45) is 0.994. The van der Waals surface area contributed by atoms with E-state index >= 15 is 0 Å². The molecule has 2 rings (SSSR count). The second-order valence-corrected chi connectivity index (χ2v) is 5.56. The molecule has 1 heterocycles. The predicted molar refractivity (Wildman–Crippen MR) is 76.4 cm³/mol. The SMILES string of the molecule is CN(C)NC(=O)CC1CCC(=O)N1Cc1cccc(F)c1F. The van der Waals surface area contributed by atoms with Crippen molar-refractivity contribution in [2.75, 3.05) is 14.1 Å². The van der Waals surface area contributed by atoms with Gasteiger partial charge >= 0.3 is 0 Å². The molecule has 0 saturated carbocycles. The topological polar surface area (TPSA) is 52.7 Å². The third-order valence-corrected chi connectivity index (χ3v) is 3.59. The Bertz CT molecular complexity index is 578. The van der Waals surface area contributed by atoms with Gasteiger partial charge in [-0.2, -0.15) is 0 Å². The van der Waals surface area contributed by atoms with Gasteiger partial charge in [0.15, 0.2) is 11.6 Å². The number of hydrogen-bond donors (Lipinski definition) is 1. The van der Waals surface area contributed by atoms with E-state index in [2.05, 4.69) is 5.43 Å². The Morgan fingerprint density at radius 2 is 2.14 bits per heavy atom. The van der Waals surface area contributed by atoms with Gasteiger partial charge in [-0.3, -0.25) is 15.0 Å². The molecule has 7 heteroatoms.